The number of benzene rings is 2. The summed E-state index contributed by atoms with van der Waals surface area (Å²) in [6, 6.07) is 17.6. The smallest absolute Gasteiger partial charge is 0.105 e. The molecule has 8 N–H and O–H groups in total. The van der Waals surface area contributed by atoms with Crippen molar-refractivity contribution in [1.82, 2.24) is 0 Å². The molecule has 0 saturated heterocycles. The van der Waals surface area contributed by atoms with Gasteiger partial charge in [0.1, 0.15) is 5.41 Å². The molecule has 0 aromatic heterocycles. The maximum absolute atomic E-state index is 4.12. The van der Waals surface area contributed by atoms with Crippen molar-refractivity contribution in [3.63, 3.8) is 0 Å². The van der Waals surface area contributed by atoms with Gasteiger partial charge in [-0.2, -0.15) is 0 Å². The van der Waals surface area contributed by atoms with Gasteiger partial charge in [0.2, 0.25) is 0 Å². The van der Waals surface area contributed by atoms with Gasteiger partial charge < -0.3 is 32.2 Å². The van der Waals surface area contributed by atoms with Crippen molar-refractivity contribution in [2.75, 3.05) is 51.1 Å². The Labute approximate surface area is 185 Å². The second-order valence-corrected chi connectivity index (χ2v) is 8.11. The van der Waals surface area contributed by atoms with Crippen LogP contribution in [0.1, 0.15) is 11.1 Å². The maximum atomic E-state index is 4.12. The Morgan fingerprint density at radius 1 is 0.677 bits per heavy atom. The average Bonchev–Trinajstić information content (AvgIpc) is 2.75. The molecule has 3 rings (SSSR count). The van der Waals surface area contributed by atoms with Crippen LogP contribution in [0.5, 0.6) is 0 Å². The third-order valence-electron chi connectivity index (χ3n) is 5.75. The van der Waals surface area contributed by atoms with E-state index in [1.54, 1.807) is 0 Å². The summed E-state index contributed by atoms with van der Waals surface area (Å²) in [5.74, 6) is 0. The number of hydrogen-bond donors (Lipinski definition) is 2. The maximum Gasteiger partial charge on any atom is 0.105 e. The Hall–Kier alpha value is -2.90. The molecule has 0 radical (unpaired) electrons. The van der Waals surface area contributed by atoms with Crippen molar-refractivity contribution in [2.24, 2.45) is 5.41 Å². The van der Waals surface area contributed by atoms with Crippen LogP contribution in [0.3, 0.4) is 0 Å². The first-order valence-corrected chi connectivity index (χ1v) is 10.2. The van der Waals surface area contributed by atoms with E-state index < -0.39 is 0 Å². The van der Waals surface area contributed by atoms with Crippen molar-refractivity contribution in [3.8, 4) is 0 Å². The molecule has 1 aliphatic carbocycles. The van der Waals surface area contributed by atoms with Gasteiger partial charge in [-0.25, -0.2) is 0 Å². The standard InChI is InChI=1S/C25H32N4.2H2O/c1-28(2)22-9-5-19(6-10-22)24(20-7-11-23(12-8-20)29(3)4)21-13-15-25(17-26,18-27)16-14-21;;/h5-16H,17-18,26-27H2,1-4H3;2*1H2. The van der Waals surface area contributed by atoms with Crippen LogP contribution in [0.4, 0.5) is 11.4 Å². The van der Waals surface area contributed by atoms with Crippen molar-refractivity contribution in [3.05, 3.63) is 89.5 Å². The molecule has 0 spiro atoms. The lowest BCUT2D eigenvalue weighted by Gasteiger charge is -2.24. The zero-order chi connectivity index (χ0) is 21.0. The summed E-state index contributed by atoms with van der Waals surface area (Å²) in [5.41, 5.74) is 15.5. The van der Waals surface area contributed by atoms with Gasteiger partial charge in [0.25, 0.3) is 0 Å². The Morgan fingerprint density at radius 2 is 1.03 bits per heavy atom. The van der Waals surface area contributed by atoms with Crippen molar-refractivity contribution < 1.29 is 22.4 Å². The Bertz CT molecular complexity index is 851. The molecule has 2 aromatic rings. The first kappa shape index (κ1) is 26.1. The predicted octanol–water partition coefficient (Wildman–Crippen LogP) is 1.86. The van der Waals surface area contributed by atoms with Crippen LogP contribution in [-0.4, -0.2) is 52.2 Å². The fourth-order valence-electron chi connectivity index (χ4n) is 3.60. The van der Waals surface area contributed by atoms with Crippen LogP contribution >= 0.6 is 0 Å². The third-order valence-corrected chi connectivity index (χ3v) is 5.75. The molecule has 0 bridgehead atoms. The van der Waals surface area contributed by atoms with Crippen LogP contribution < -0.4 is 21.3 Å². The van der Waals surface area contributed by atoms with Gasteiger partial charge in [0, 0.05) is 39.6 Å². The summed E-state index contributed by atoms with van der Waals surface area (Å²) in [6.45, 7) is 1.64. The second kappa shape index (κ2) is 10.9. The fraction of sp³-hybridized carbons (Fsp3) is 0.280. The van der Waals surface area contributed by atoms with Crippen LogP contribution in [0, 0.1) is 5.41 Å². The number of quaternary nitrogens is 2. The molecule has 0 aliphatic heterocycles. The topological polar surface area (TPSA) is 122 Å². The van der Waals surface area contributed by atoms with Crippen LogP contribution in [0.15, 0.2) is 78.4 Å². The van der Waals surface area contributed by atoms with E-state index in [1.165, 1.54) is 33.6 Å². The molecule has 0 amide bonds. The first-order valence-electron chi connectivity index (χ1n) is 10.2. The Morgan fingerprint density at radius 3 is 1.32 bits per heavy atom. The van der Waals surface area contributed by atoms with E-state index in [4.69, 9.17) is 0 Å². The molecule has 31 heavy (non-hydrogen) atoms. The molecule has 6 nitrogen and oxygen atoms in total. The zero-order valence-electron chi connectivity index (χ0n) is 19.0. The van der Waals surface area contributed by atoms with Gasteiger partial charge in [0.15, 0.2) is 0 Å². The van der Waals surface area contributed by atoms with Crippen LogP contribution in [0.25, 0.3) is 5.57 Å². The van der Waals surface area contributed by atoms with Crippen molar-refractivity contribution in [1.29, 1.82) is 0 Å². The quantitative estimate of drug-likeness (QED) is 0.735. The van der Waals surface area contributed by atoms with E-state index in [2.05, 4.69) is 122 Å². The molecule has 6 heteroatoms. The highest BCUT2D eigenvalue weighted by molar-refractivity contribution is 5.86. The Kier molecular flexibility index (Phi) is 9.21. The first-order chi connectivity index (χ1) is 13.9. The van der Waals surface area contributed by atoms with Gasteiger partial charge in [-0.3, -0.25) is 0 Å². The number of allylic oxidation sites excluding steroid dienone is 3. The third kappa shape index (κ3) is 5.62. The van der Waals surface area contributed by atoms with Crippen molar-refractivity contribution in [2.45, 2.75) is 0 Å². The summed E-state index contributed by atoms with van der Waals surface area (Å²) in [5, 5.41) is 0. The van der Waals surface area contributed by atoms with Gasteiger partial charge >= 0.3 is 0 Å². The average molecular weight is 425 g/mol. The summed E-state index contributed by atoms with van der Waals surface area (Å²) >= 11 is 0. The largest absolute Gasteiger partial charge is 0.870 e. The highest BCUT2D eigenvalue weighted by atomic mass is 16.0. The molecule has 0 heterocycles. The van der Waals surface area contributed by atoms with Crippen LogP contribution in [-0.2, 0) is 0 Å². The number of hydrogen-bond acceptors (Lipinski definition) is 4. The van der Waals surface area contributed by atoms with Gasteiger partial charge in [-0.15, -0.1) is 0 Å². The minimum atomic E-state index is -0.0296. The molecular weight excluding hydrogens is 388 g/mol. The van der Waals surface area contributed by atoms with E-state index in [1.807, 2.05) is 0 Å². The van der Waals surface area contributed by atoms with Crippen LogP contribution in [0.2, 0.25) is 0 Å². The number of anilines is 2. The fourth-order valence-corrected chi connectivity index (χ4v) is 3.60. The zero-order valence-corrected chi connectivity index (χ0v) is 19.0. The second-order valence-electron chi connectivity index (χ2n) is 8.11. The van der Waals surface area contributed by atoms with E-state index in [0.717, 1.165) is 13.1 Å². The van der Waals surface area contributed by atoms with E-state index in [9.17, 15) is 0 Å². The molecule has 0 saturated carbocycles. The SMILES string of the molecule is CN(C)c1ccc(C(=C2C=CC(C[NH3+])(C[NH3+])C=C2)c2ccc(N(C)C)cc2)cc1.[OH-].[OH-]. The molecule has 1 aliphatic rings. The van der Waals surface area contributed by atoms with Gasteiger partial charge in [-0.05, 0) is 46.5 Å². The minimum absolute atomic E-state index is 0. The molecule has 2 aromatic carbocycles. The molecule has 0 unspecified atom stereocenters. The monoisotopic (exact) mass is 424 g/mol. The predicted molar refractivity (Wildman–Crippen MR) is 128 cm³/mol. The lowest BCUT2D eigenvalue weighted by atomic mass is 9.81. The summed E-state index contributed by atoms with van der Waals surface area (Å²) in [4.78, 5) is 4.25. The molecule has 168 valence electrons. The number of rotatable bonds is 6. The van der Waals surface area contributed by atoms with Gasteiger partial charge in [-0.1, -0.05) is 48.6 Å². The summed E-state index contributed by atoms with van der Waals surface area (Å²) in [7, 11) is 8.27. The summed E-state index contributed by atoms with van der Waals surface area (Å²) in [6.07, 6.45) is 9.02. The number of nitrogens with zero attached hydrogens (tertiary/aromatic N) is 2. The lowest BCUT2D eigenvalue weighted by Crippen LogP contribution is -2.66. The van der Waals surface area contributed by atoms with Crippen molar-refractivity contribution >= 4 is 16.9 Å². The lowest BCUT2D eigenvalue weighted by molar-refractivity contribution is -0.429. The summed E-state index contributed by atoms with van der Waals surface area (Å²) < 4.78 is 0. The molecule has 0 fully saturated rings. The minimum Gasteiger partial charge on any atom is -0.870 e. The highest BCUT2D eigenvalue weighted by Gasteiger charge is 2.28. The highest BCUT2D eigenvalue weighted by Crippen LogP contribution is 2.34. The van der Waals surface area contributed by atoms with E-state index in [-0.39, 0.29) is 16.4 Å². The molecular formula is C25H36N4O2. The normalized spacial score (nSPS) is 13.8. The Balaban J connectivity index is 0.00000240. The molecule has 0 atom stereocenters. The van der Waals surface area contributed by atoms with E-state index >= 15 is 0 Å². The van der Waals surface area contributed by atoms with Gasteiger partial charge in [0.05, 0.1) is 13.1 Å². The van der Waals surface area contributed by atoms with E-state index in [0.29, 0.717) is 0 Å².